The second-order valence-electron chi connectivity index (χ2n) is 5.42. The van der Waals surface area contributed by atoms with E-state index in [1.165, 1.54) is 25.9 Å². The summed E-state index contributed by atoms with van der Waals surface area (Å²) in [5, 5.41) is 15.1. The highest BCUT2D eigenvalue weighted by molar-refractivity contribution is 5.85. The molecule has 0 radical (unpaired) electrons. The monoisotopic (exact) mass is 242 g/mol. The molecule has 0 spiro atoms. The number of nitrogens with zero attached hydrogens (tertiary/aromatic N) is 2. The molecule has 5 heteroatoms. The summed E-state index contributed by atoms with van der Waals surface area (Å²) in [5.74, 6) is 0.304. The van der Waals surface area contributed by atoms with Crippen molar-refractivity contribution in [1.82, 2.24) is 10.2 Å². The Kier molecular flexibility index (Phi) is 5.71. The van der Waals surface area contributed by atoms with Crippen LogP contribution in [-0.4, -0.2) is 48.7 Å². The first kappa shape index (κ1) is 14.3. The Balaban J connectivity index is 2.07. The average Bonchev–Trinajstić information content (AvgIpc) is 2.80. The number of oxime groups is 1. The molecule has 1 heterocycles. The SMILES string of the molecule is CC(C)(CCNCCN1CCCC1)C(N)=NO. The van der Waals surface area contributed by atoms with Crippen LogP contribution in [0.1, 0.15) is 33.1 Å². The zero-order chi connectivity index (χ0) is 12.7. The van der Waals surface area contributed by atoms with Gasteiger partial charge in [0.1, 0.15) is 5.84 Å². The summed E-state index contributed by atoms with van der Waals surface area (Å²) in [4.78, 5) is 2.49. The van der Waals surface area contributed by atoms with Crippen LogP contribution < -0.4 is 11.1 Å². The standard InChI is InChI=1S/C12H26N4O/c1-12(2,11(13)15-17)5-6-14-7-10-16-8-3-4-9-16/h14,17H,3-10H2,1-2H3,(H2,13,15). The normalized spacial score (nSPS) is 18.8. The Labute approximate surface area is 104 Å². The molecule has 0 aromatic carbocycles. The van der Waals surface area contributed by atoms with Gasteiger partial charge in [0.25, 0.3) is 0 Å². The number of hydrogen-bond acceptors (Lipinski definition) is 4. The van der Waals surface area contributed by atoms with Crippen LogP contribution >= 0.6 is 0 Å². The molecule has 0 saturated carbocycles. The van der Waals surface area contributed by atoms with Crippen molar-refractivity contribution in [2.75, 3.05) is 32.7 Å². The van der Waals surface area contributed by atoms with E-state index in [4.69, 9.17) is 10.9 Å². The molecule has 1 aliphatic rings. The second-order valence-corrected chi connectivity index (χ2v) is 5.42. The third-order valence-corrected chi connectivity index (χ3v) is 3.53. The predicted octanol–water partition coefficient (Wildman–Crippen LogP) is 0.835. The Morgan fingerprint density at radius 2 is 2.00 bits per heavy atom. The number of hydrogen-bond donors (Lipinski definition) is 3. The van der Waals surface area contributed by atoms with Crippen LogP contribution in [0.5, 0.6) is 0 Å². The van der Waals surface area contributed by atoms with Gasteiger partial charge in [-0.1, -0.05) is 19.0 Å². The minimum atomic E-state index is -0.241. The van der Waals surface area contributed by atoms with E-state index in [0.717, 1.165) is 26.1 Å². The van der Waals surface area contributed by atoms with Crippen LogP contribution in [0.4, 0.5) is 0 Å². The van der Waals surface area contributed by atoms with Gasteiger partial charge < -0.3 is 21.2 Å². The summed E-state index contributed by atoms with van der Waals surface area (Å²) in [5.41, 5.74) is 5.39. The number of nitrogens with one attached hydrogen (secondary N) is 1. The van der Waals surface area contributed by atoms with E-state index in [-0.39, 0.29) is 5.41 Å². The predicted molar refractivity (Wildman–Crippen MR) is 70.4 cm³/mol. The van der Waals surface area contributed by atoms with Crippen LogP contribution in [0.15, 0.2) is 5.16 Å². The van der Waals surface area contributed by atoms with E-state index in [0.29, 0.717) is 5.84 Å². The molecular weight excluding hydrogens is 216 g/mol. The van der Waals surface area contributed by atoms with Crippen LogP contribution in [-0.2, 0) is 0 Å². The second kappa shape index (κ2) is 6.81. The molecule has 0 aromatic heterocycles. The van der Waals surface area contributed by atoms with E-state index in [1.807, 2.05) is 13.8 Å². The topological polar surface area (TPSA) is 73.9 Å². The number of amidine groups is 1. The molecule has 0 aromatic rings. The molecule has 100 valence electrons. The van der Waals surface area contributed by atoms with E-state index < -0.39 is 0 Å². The quantitative estimate of drug-likeness (QED) is 0.203. The fraction of sp³-hybridized carbons (Fsp3) is 0.917. The average molecular weight is 242 g/mol. The van der Waals surface area contributed by atoms with Crippen molar-refractivity contribution in [1.29, 1.82) is 0 Å². The Bertz CT molecular complexity index is 247. The molecule has 0 aliphatic carbocycles. The first-order valence-corrected chi connectivity index (χ1v) is 6.47. The van der Waals surface area contributed by atoms with Crippen molar-refractivity contribution in [2.24, 2.45) is 16.3 Å². The van der Waals surface area contributed by atoms with Crippen molar-refractivity contribution in [3.63, 3.8) is 0 Å². The Morgan fingerprint density at radius 1 is 1.35 bits per heavy atom. The molecular formula is C12H26N4O. The van der Waals surface area contributed by atoms with E-state index >= 15 is 0 Å². The molecule has 0 bridgehead atoms. The molecule has 4 N–H and O–H groups in total. The van der Waals surface area contributed by atoms with Crippen molar-refractivity contribution >= 4 is 5.84 Å². The first-order chi connectivity index (χ1) is 8.06. The van der Waals surface area contributed by atoms with E-state index in [1.54, 1.807) is 0 Å². The van der Waals surface area contributed by atoms with Gasteiger partial charge in [-0.2, -0.15) is 0 Å². The number of nitrogens with two attached hydrogens (primary N) is 1. The van der Waals surface area contributed by atoms with Gasteiger partial charge in [0.05, 0.1) is 0 Å². The van der Waals surface area contributed by atoms with Crippen LogP contribution in [0, 0.1) is 5.41 Å². The zero-order valence-electron chi connectivity index (χ0n) is 11.1. The van der Waals surface area contributed by atoms with Crippen molar-refractivity contribution in [3.8, 4) is 0 Å². The van der Waals surface area contributed by atoms with Crippen LogP contribution in [0.25, 0.3) is 0 Å². The maximum Gasteiger partial charge on any atom is 0.144 e. The summed E-state index contributed by atoms with van der Waals surface area (Å²) >= 11 is 0. The van der Waals surface area contributed by atoms with E-state index in [9.17, 15) is 0 Å². The highest BCUT2D eigenvalue weighted by Gasteiger charge is 2.22. The fourth-order valence-corrected chi connectivity index (χ4v) is 2.03. The number of rotatable bonds is 7. The Morgan fingerprint density at radius 3 is 2.59 bits per heavy atom. The molecule has 0 unspecified atom stereocenters. The van der Waals surface area contributed by atoms with Gasteiger partial charge in [-0.05, 0) is 38.9 Å². The zero-order valence-corrected chi connectivity index (χ0v) is 11.1. The molecule has 1 rings (SSSR count). The van der Waals surface area contributed by atoms with Gasteiger partial charge in [0.2, 0.25) is 0 Å². The van der Waals surface area contributed by atoms with Gasteiger partial charge in [-0.25, -0.2) is 0 Å². The maximum absolute atomic E-state index is 8.65. The lowest BCUT2D eigenvalue weighted by molar-refractivity contribution is 0.303. The molecule has 1 saturated heterocycles. The van der Waals surface area contributed by atoms with Gasteiger partial charge in [-0.15, -0.1) is 0 Å². The number of likely N-dealkylation sites (tertiary alicyclic amines) is 1. The minimum Gasteiger partial charge on any atom is -0.409 e. The third kappa shape index (κ3) is 4.91. The summed E-state index contributed by atoms with van der Waals surface area (Å²) in [6.07, 6.45) is 3.57. The highest BCUT2D eigenvalue weighted by Crippen LogP contribution is 2.19. The third-order valence-electron chi connectivity index (χ3n) is 3.53. The Hall–Kier alpha value is -0.810. The summed E-state index contributed by atoms with van der Waals surface area (Å²) in [7, 11) is 0. The maximum atomic E-state index is 8.65. The molecule has 5 nitrogen and oxygen atoms in total. The summed E-state index contributed by atoms with van der Waals surface area (Å²) in [6, 6.07) is 0. The van der Waals surface area contributed by atoms with Crippen molar-refractivity contribution < 1.29 is 5.21 Å². The first-order valence-electron chi connectivity index (χ1n) is 6.47. The fourth-order valence-electron chi connectivity index (χ4n) is 2.03. The van der Waals surface area contributed by atoms with Gasteiger partial charge in [0.15, 0.2) is 0 Å². The molecule has 1 fully saturated rings. The van der Waals surface area contributed by atoms with E-state index in [2.05, 4.69) is 15.4 Å². The van der Waals surface area contributed by atoms with Gasteiger partial charge in [0, 0.05) is 18.5 Å². The lowest BCUT2D eigenvalue weighted by Crippen LogP contribution is -2.36. The molecule has 17 heavy (non-hydrogen) atoms. The molecule has 1 aliphatic heterocycles. The van der Waals surface area contributed by atoms with Crippen molar-refractivity contribution in [2.45, 2.75) is 33.1 Å². The van der Waals surface area contributed by atoms with Gasteiger partial charge in [-0.3, -0.25) is 0 Å². The lowest BCUT2D eigenvalue weighted by atomic mass is 9.88. The summed E-state index contributed by atoms with van der Waals surface area (Å²) < 4.78 is 0. The smallest absolute Gasteiger partial charge is 0.144 e. The van der Waals surface area contributed by atoms with Crippen molar-refractivity contribution in [3.05, 3.63) is 0 Å². The van der Waals surface area contributed by atoms with Crippen LogP contribution in [0.3, 0.4) is 0 Å². The highest BCUT2D eigenvalue weighted by atomic mass is 16.4. The van der Waals surface area contributed by atoms with Gasteiger partial charge >= 0.3 is 0 Å². The molecule has 0 atom stereocenters. The summed E-state index contributed by atoms with van der Waals surface area (Å²) in [6.45, 7) is 9.52. The largest absolute Gasteiger partial charge is 0.409 e. The lowest BCUT2D eigenvalue weighted by Gasteiger charge is -2.23. The van der Waals surface area contributed by atoms with Crippen LogP contribution in [0.2, 0.25) is 0 Å². The minimum absolute atomic E-state index is 0.241. The molecule has 0 amide bonds.